The molecule has 0 aliphatic rings. The Bertz CT molecular complexity index is 738. The van der Waals surface area contributed by atoms with Crippen molar-refractivity contribution in [1.82, 2.24) is 25.5 Å². The second kappa shape index (κ2) is 7.31. The zero-order valence-electron chi connectivity index (χ0n) is 12.6. The topological polar surface area (TPSA) is 72.7 Å². The first-order valence-corrected chi connectivity index (χ1v) is 7.44. The lowest BCUT2D eigenvalue weighted by Gasteiger charge is -2.06. The molecule has 3 rings (SSSR count). The number of hydrogen-bond donors (Lipinski definition) is 1. The molecule has 0 saturated carbocycles. The van der Waals surface area contributed by atoms with Gasteiger partial charge in [-0.15, -0.1) is 5.10 Å². The molecule has 0 aliphatic carbocycles. The SMILES string of the molecule is O=C(Cc1ccc(-n2cnnn2)cc1)NCCc1ccccc1. The van der Waals surface area contributed by atoms with Crippen LogP contribution in [0.5, 0.6) is 0 Å². The summed E-state index contributed by atoms with van der Waals surface area (Å²) in [6, 6.07) is 17.7. The highest BCUT2D eigenvalue weighted by Gasteiger charge is 2.04. The molecule has 1 heterocycles. The van der Waals surface area contributed by atoms with Crippen LogP contribution in [0.25, 0.3) is 5.69 Å². The summed E-state index contributed by atoms with van der Waals surface area (Å²) in [5.74, 6) is 0.0242. The van der Waals surface area contributed by atoms with Gasteiger partial charge in [-0.25, -0.2) is 4.68 Å². The van der Waals surface area contributed by atoms with Crippen molar-refractivity contribution >= 4 is 5.91 Å². The molecule has 0 saturated heterocycles. The van der Waals surface area contributed by atoms with Crippen molar-refractivity contribution in [1.29, 1.82) is 0 Å². The summed E-state index contributed by atoms with van der Waals surface area (Å²) in [4.78, 5) is 12.0. The Balaban J connectivity index is 1.48. The third kappa shape index (κ3) is 4.23. The van der Waals surface area contributed by atoms with Crippen LogP contribution in [0, 0.1) is 0 Å². The summed E-state index contributed by atoms with van der Waals surface area (Å²) in [6.45, 7) is 0.644. The number of tetrazole rings is 1. The summed E-state index contributed by atoms with van der Waals surface area (Å²) in [5.41, 5.74) is 3.04. The summed E-state index contributed by atoms with van der Waals surface area (Å²) in [7, 11) is 0. The molecule has 2 aromatic carbocycles. The van der Waals surface area contributed by atoms with Crippen LogP contribution in [0.2, 0.25) is 0 Å². The molecule has 0 radical (unpaired) electrons. The maximum Gasteiger partial charge on any atom is 0.224 e. The molecule has 116 valence electrons. The number of benzene rings is 2. The lowest BCUT2D eigenvalue weighted by Crippen LogP contribution is -2.27. The number of carbonyl (C=O) groups excluding carboxylic acids is 1. The molecular formula is C17H17N5O. The first-order chi connectivity index (χ1) is 11.3. The van der Waals surface area contributed by atoms with Gasteiger partial charge in [-0.1, -0.05) is 42.5 Å². The fraction of sp³-hybridized carbons (Fsp3) is 0.176. The van der Waals surface area contributed by atoms with Crippen LogP contribution in [0.1, 0.15) is 11.1 Å². The van der Waals surface area contributed by atoms with Gasteiger partial charge in [0.1, 0.15) is 6.33 Å². The van der Waals surface area contributed by atoms with E-state index in [1.807, 2.05) is 42.5 Å². The minimum atomic E-state index is 0.0242. The number of hydrogen-bond acceptors (Lipinski definition) is 4. The molecule has 0 unspecified atom stereocenters. The van der Waals surface area contributed by atoms with E-state index in [9.17, 15) is 4.79 Å². The fourth-order valence-corrected chi connectivity index (χ4v) is 2.28. The lowest BCUT2D eigenvalue weighted by molar-refractivity contribution is -0.120. The molecule has 6 heteroatoms. The predicted molar refractivity (Wildman–Crippen MR) is 86.0 cm³/mol. The van der Waals surface area contributed by atoms with Crippen LogP contribution in [0.15, 0.2) is 60.9 Å². The van der Waals surface area contributed by atoms with Crippen molar-refractivity contribution in [2.45, 2.75) is 12.8 Å². The van der Waals surface area contributed by atoms with E-state index in [0.29, 0.717) is 13.0 Å². The second-order valence-corrected chi connectivity index (χ2v) is 5.18. The first kappa shape index (κ1) is 14.9. The standard InChI is InChI=1S/C17H17N5O/c23-17(18-11-10-14-4-2-1-3-5-14)12-15-6-8-16(9-7-15)22-13-19-20-21-22/h1-9,13H,10-12H2,(H,18,23). The largest absolute Gasteiger partial charge is 0.355 e. The van der Waals surface area contributed by atoms with Gasteiger partial charge in [-0.05, 0) is 40.1 Å². The van der Waals surface area contributed by atoms with E-state index >= 15 is 0 Å². The quantitative estimate of drug-likeness (QED) is 0.750. The van der Waals surface area contributed by atoms with Crippen molar-refractivity contribution in [3.63, 3.8) is 0 Å². The summed E-state index contributed by atoms with van der Waals surface area (Å²) in [6.07, 6.45) is 2.74. The molecule has 0 bridgehead atoms. The van der Waals surface area contributed by atoms with Crippen LogP contribution < -0.4 is 5.32 Å². The Morgan fingerprint density at radius 3 is 2.48 bits per heavy atom. The van der Waals surface area contributed by atoms with E-state index in [-0.39, 0.29) is 5.91 Å². The molecular weight excluding hydrogens is 290 g/mol. The summed E-state index contributed by atoms with van der Waals surface area (Å²) < 4.78 is 1.57. The molecule has 3 aromatic rings. The molecule has 0 fully saturated rings. The molecule has 1 amide bonds. The van der Waals surface area contributed by atoms with Crippen LogP contribution in [0.3, 0.4) is 0 Å². The van der Waals surface area contributed by atoms with E-state index in [2.05, 4.69) is 33.0 Å². The molecule has 6 nitrogen and oxygen atoms in total. The third-order valence-electron chi connectivity index (χ3n) is 3.49. The van der Waals surface area contributed by atoms with Crippen LogP contribution >= 0.6 is 0 Å². The number of aromatic nitrogens is 4. The molecule has 1 aromatic heterocycles. The normalized spacial score (nSPS) is 10.4. The van der Waals surface area contributed by atoms with Gasteiger partial charge in [0, 0.05) is 6.54 Å². The highest BCUT2D eigenvalue weighted by molar-refractivity contribution is 5.78. The molecule has 0 aliphatic heterocycles. The van der Waals surface area contributed by atoms with Crippen molar-refractivity contribution in [3.8, 4) is 5.69 Å². The van der Waals surface area contributed by atoms with E-state index in [1.165, 1.54) is 11.9 Å². The zero-order chi connectivity index (χ0) is 15.9. The number of amides is 1. The zero-order valence-corrected chi connectivity index (χ0v) is 12.6. The van der Waals surface area contributed by atoms with Crippen molar-refractivity contribution in [2.24, 2.45) is 0 Å². The molecule has 1 N–H and O–H groups in total. The van der Waals surface area contributed by atoms with Gasteiger partial charge in [0.25, 0.3) is 0 Å². The fourth-order valence-electron chi connectivity index (χ4n) is 2.28. The molecule has 0 atom stereocenters. The Hall–Kier alpha value is -3.02. The van der Waals surface area contributed by atoms with E-state index < -0.39 is 0 Å². The number of carbonyl (C=O) groups is 1. The highest BCUT2D eigenvalue weighted by atomic mass is 16.1. The Morgan fingerprint density at radius 1 is 1.00 bits per heavy atom. The van der Waals surface area contributed by atoms with Crippen LogP contribution in [-0.2, 0) is 17.6 Å². The third-order valence-corrected chi connectivity index (χ3v) is 3.49. The lowest BCUT2D eigenvalue weighted by atomic mass is 10.1. The van der Waals surface area contributed by atoms with Gasteiger partial charge in [0.05, 0.1) is 12.1 Å². The van der Waals surface area contributed by atoms with Crippen molar-refractivity contribution < 1.29 is 4.79 Å². The number of rotatable bonds is 6. The van der Waals surface area contributed by atoms with Gasteiger partial charge in [0.2, 0.25) is 5.91 Å². The monoisotopic (exact) mass is 307 g/mol. The Kier molecular flexibility index (Phi) is 4.73. The van der Waals surface area contributed by atoms with Crippen LogP contribution in [0.4, 0.5) is 0 Å². The van der Waals surface area contributed by atoms with Gasteiger partial charge in [-0.3, -0.25) is 4.79 Å². The average molecular weight is 307 g/mol. The molecule has 0 spiro atoms. The number of nitrogens with one attached hydrogen (secondary N) is 1. The maximum absolute atomic E-state index is 12.0. The maximum atomic E-state index is 12.0. The smallest absolute Gasteiger partial charge is 0.224 e. The van der Waals surface area contributed by atoms with Crippen LogP contribution in [-0.4, -0.2) is 32.7 Å². The second-order valence-electron chi connectivity index (χ2n) is 5.18. The Labute approximate surface area is 134 Å². The summed E-state index contributed by atoms with van der Waals surface area (Å²) in [5, 5.41) is 14.0. The van der Waals surface area contributed by atoms with Gasteiger partial charge in [-0.2, -0.15) is 0 Å². The highest BCUT2D eigenvalue weighted by Crippen LogP contribution is 2.08. The predicted octanol–water partition coefficient (Wildman–Crippen LogP) is 1.56. The van der Waals surface area contributed by atoms with E-state index in [0.717, 1.165) is 17.7 Å². The minimum absolute atomic E-state index is 0.0242. The molecule has 23 heavy (non-hydrogen) atoms. The number of nitrogens with zero attached hydrogens (tertiary/aromatic N) is 4. The summed E-state index contributed by atoms with van der Waals surface area (Å²) >= 11 is 0. The van der Waals surface area contributed by atoms with Gasteiger partial charge >= 0.3 is 0 Å². The van der Waals surface area contributed by atoms with E-state index in [1.54, 1.807) is 4.68 Å². The Morgan fingerprint density at radius 2 is 1.78 bits per heavy atom. The van der Waals surface area contributed by atoms with Crippen molar-refractivity contribution in [3.05, 3.63) is 72.1 Å². The first-order valence-electron chi connectivity index (χ1n) is 7.44. The minimum Gasteiger partial charge on any atom is -0.355 e. The van der Waals surface area contributed by atoms with E-state index in [4.69, 9.17) is 0 Å². The van der Waals surface area contributed by atoms with Gasteiger partial charge < -0.3 is 5.32 Å². The average Bonchev–Trinajstić information content (AvgIpc) is 3.11. The van der Waals surface area contributed by atoms with Crippen molar-refractivity contribution in [2.75, 3.05) is 6.54 Å². The van der Waals surface area contributed by atoms with Gasteiger partial charge in [0.15, 0.2) is 0 Å².